The van der Waals surface area contributed by atoms with Crippen LogP contribution < -0.4 is 0 Å². The minimum Gasteiger partial charge on any atom is -0.383 e. The lowest BCUT2D eigenvalue weighted by Crippen LogP contribution is -2.00. The van der Waals surface area contributed by atoms with E-state index in [9.17, 15) is 14.5 Å². The predicted molar refractivity (Wildman–Crippen MR) is 63.5 cm³/mol. The fraction of sp³-hybridized carbons (Fsp3) is 0.200. The van der Waals surface area contributed by atoms with E-state index in [1.165, 1.54) is 6.07 Å². The second kappa shape index (κ2) is 5.07. The SMILES string of the molecule is CN(C)/C=C/c1c(Br)cc(F)cc1[N+](=O)[O-]. The largest absolute Gasteiger partial charge is 0.383 e. The van der Waals surface area contributed by atoms with E-state index in [0.717, 1.165) is 6.07 Å². The molecular formula is C10H10BrFN2O2. The Kier molecular flexibility index (Phi) is 4.00. The highest BCUT2D eigenvalue weighted by Crippen LogP contribution is 2.29. The number of hydrogen-bond donors (Lipinski definition) is 0. The van der Waals surface area contributed by atoms with Gasteiger partial charge in [-0.3, -0.25) is 10.1 Å². The second-order valence-electron chi connectivity index (χ2n) is 3.36. The molecule has 86 valence electrons. The van der Waals surface area contributed by atoms with Gasteiger partial charge in [-0.1, -0.05) is 0 Å². The van der Waals surface area contributed by atoms with Crippen LogP contribution in [0.2, 0.25) is 0 Å². The number of nitro benzene ring substituents is 1. The highest BCUT2D eigenvalue weighted by atomic mass is 79.9. The lowest BCUT2D eigenvalue weighted by atomic mass is 10.1. The van der Waals surface area contributed by atoms with Gasteiger partial charge in [-0.2, -0.15) is 0 Å². The molecule has 4 nitrogen and oxygen atoms in total. The fourth-order valence-electron chi connectivity index (χ4n) is 1.11. The quantitative estimate of drug-likeness (QED) is 0.634. The van der Waals surface area contributed by atoms with E-state index in [2.05, 4.69) is 15.9 Å². The van der Waals surface area contributed by atoms with Crippen molar-refractivity contribution >= 4 is 27.7 Å². The number of rotatable bonds is 3. The second-order valence-corrected chi connectivity index (χ2v) is 4.21. The molecule has 0 amide bonds. The van der Waals surface area contributed by atoms with Crippen LogP contribution in [-0.2, 0) is 0 Å². The summed E-state index contributed by atoms with van der Waals surface area (Å²) in [6.07, 6.45) is 3.21. The Balaban J connectivity index is 3.30. The van der Waals surface area contributed by atoms with Crippen molar-refractivity contribution in [3.8, 4) is 0 Å². The van der Waals surface area contributed by atoms with Crippen LogP contribution in [0, 0.1) is 15.9 Å². The van der Waals surface area contributed by atoms with E-state index in [4.69, 9.17) is 0 Å². The Labute approximate surface area is 101 Å². The molecule has 0 aliphatic carbocycles. The molecule has 16 heavy (non-hydrogen) atoms. The third-order valence-electron chi connectivity index (χ3n) is 1.81. The lowest BCUT2D eigenvalue weighted by molar-refractivity contribution is -0.385. The van der Waals surface area contributed by atoms with Crippen molar-refractivity contribution in [1.82, 2.24) is 4.90 Å². The Morgan fingerprint density at radius 1 is 1.50 bits per heavy atom. The summed E-state index contributed by atoms with van der Waals surface area (Å²) in [4.78, 5) is 11.9. The van der Waals surface area contributed by atoms with Crippen molar-refractivity contribution in [1.29, 1.82) is 0 Å². The highest BCUT2D eigenvalue weighted by Gasteiger charge is 2.16. The number of halogens is 2. The Morgan fingerprint density at radius 2 is 2.12 bits per heavy atom. The van der Waals surface area contributed by atoms with Crippen LogP contribution >= 0.6 is 15.9 Å². The van der Waals surface area contributed by atoms with Gasteiger partial charge in [0.1, 0.15) is 5.82 Å². The van der Waals surface area contributed by atoms with Gasteiger partial charge >= 0.3 is 0 Å². The molecule has 1 rings (SSSR count). The summed E-state index contributed by atoms with van der Waals surface area (Å²) in [7, 11) is 3.58. The summed E-state index contributed by atoms with van der Waals surface area (Å²) in [6.45, 7) is 0. The molecule has 0 aliphatic rings. The van der Waals surface area contributed by atoms with Crippen LogP contribution in [0.1, 0.15) is 5.56 Å². The number of hydrogen-bond acceptors (Lipinski definition) is 3. The molecule has 0 spiro atoms. The van der Waals surface area contributed by atoms with Crippen LogP contribution in [0.4, 0.5) is 10.1 Å². The molecule has 1 aromatic rings. The lowest BCUT2D eigenvalue weighted by Gasteiger charge is -2.05. The van der Waals surface area contributed by atoms with Crippen LogP contribution in [0.15, 0.2) is 22.8 Å². The van der Waals surface area contributed by atoms with Gasteiger partial charge in [0.05, 0.1) is 16.6 Å². The average Bonchev–Trinajstić information content (AvgIpc) is 2.14. The molecule has 0 saturated heterocycles. The van der Waals surface area contributed by atoms with Gasteiger partial charge in [0, 0.05) is 18.6 Å². The van der Waals surface area contributed by atoms with E-state index in [-0.39, 0.29) is 5.69 Å². The third kappa shape index (κ3) is 3.03. The Hall–Kier alpha value is -1.43. The minimum atomic E-state index is -0.638. The van der Waals surface area contributed by atoms with E-state index in [1.807, 2.05) is 0 Å². The Morgan fingerprint density at radius 3 is 2.62 bits per heavy atom. The molecule has 1 aromatic carbocycles. The highest BCUT2D eigenvalue weighted by molar-refractivity contribution is 9.10. The van der Waals surface area contributed by atoms with Crippen molar-refractivity contribution in [2.75, 3.05) is 14.1 Å². The average molecular weight is 289 g/mol. The summed E-state index contributed by atoms with van der Waals surface area (Å²) in [5, 5.41) is 10.7. The van der Waals surface area contributed by atoms with Gasteiger partial charge in [0.25, 0.3) is 5.69 Å². The zero-order valence-electron chi connectivity index (χ0n) is 8.78. The van der Waals surface area contributed by atoms with Crippen molar-refractivity contribution in [2.24, 2.45) is 0 Å². The topological polar surface area (TPSA) is 46.4 Å². The summed E-state index contributed by atoms with van der Waals surface area (Å²) in [5.41, 5.74) is 0.0880. The van der Waals surface area contributed by atoms with Crippen LogP contribution in [0.3, 0.4) is 0 Å². The van der Waals surface area contributed by atoms with Gasteiger partial charge in [0.2, 0.25) is 0 Å². The van der Waals surface area contributed by atoms with Crippen molar-refractivity contribution < 1.29 is 9.31 Å². The molecule has 0 atom stereocenters. The van der Waals surface area contributed by atoms with Gasteiger partial charge in [-0.15, -0.1) is 0 Å². The van der Waals surface area contributed by atoms with E-state index >= 15 is 0 Å². The molecule has 0 saturated carbocycles. The summed E-state index contributed by atoms with van der Waals surface area (Å²) < 4.78 is 13.4. The molecule has 0 N–H and O–H groups in total. The maximum atomic E-state index is 13.0. The minimum absolute atomic E-state index is 0.259. The molecule has 0 aromatic heterocycles. The number of nitro groups is 1. The van der Waals surface area contributed by atoms with E-state index < -0.39 is 10.7 Å². The number of nitrogens with zero attached hydrogens (tertiary/aromatic N) is 2. The molecular weight excluding hydrogens is 279 g/mol. The first-order valence-electron chi connectivity index (χ1n) is 4.40. The predicted octanol–water partition coefficient (Wildman–Crippen LogP) is 3.03. The normalized spacial score (nSPS) is 10.8. The summed E-state index contributed by atoms with van der Waals surface area (Å²) in [6, 6.07) is 2.10. The molecule has 0 unspecified atom stereocenters. The van der Waals surface area contributed by atoms with Crippen LogP contribution in [0.5, 0.6) is 0 Å². The molecule has 6 heteroatoms. The first-order chi connectivity index (χ1) is 7.41. The van der Waals surface area contributed by atoms with Gasteiger partial charge in [0.15, 0.2) is 0 Å². The van der Waals surface area contributed by atoms with Gasteiger partial charge < -0.3 is 4.90 Å². The Bertz CT molecular complexity index is 447. The third-order valence-corrected chi connectivity index (χ3v) is 2.46. The molecule has 0 heterocycles. The van der Waals surface area contributed by atoms with Gasteiger partial charge in [-0.25, -0.2) is 4.39 Å². The standard InChI is InChI=1S/C10H10BrFN2O2/c1-13(2)4-3-8-9(11)5-7(12)6-10(8)14(15)16/h3-6H,1-2H3/b4-3+. The smallest absolute Gasteiger partial charge is 0.280 e. The van der Waals surface area contributed by atoms with Crippen molar-refractivity contribution in [3.63, 3.8) is 0 Å². The molecule has 0 aliphatic heterocycles. The summed E-state index contributed by atoms with van der Waals surface area (Å²) in [5.74, 6) is -0.638. The monoisotopic (exact) mass is 288 g/mol. The van der Waals surface area contributed by atoms with E-state index in [1.54, 1.807) is 31.3 Å². The number of benzene rings is 1. The zero-order chi connectivity index (χ0) is 12.3. The maximum Gasteiger partial charge on any atom is 0.280 e. The molecule has 0 bridgehead atoms. The van der Waals surface area contributed by atoms with Crippen molar-refractivity contribution in [2.45, 2.75) is 0 Å². The first kappa shape index (κ1) is 12.6. The zero-order valence-corrected chi connectivity index (χ0v) is 10.4. The molecule has 0 fully saturated rings. The maximum absolute atomic E-state index is 13.0. The summed E-state index contributed by atoms with van der Waals surface area (Å²) >= 11 is 3.10. The molecule has 0 radical (unpaired) electrons. The van der Waals surface area contributed by atoms with Crippen molar-refractivity contribution in [3.05, 3.63) is 44.3 Å². The van der Waals surface area contributed by atoms with Gasteiger partial charge in [-0.05, 0) is 34.3 Å². The van der Waals surface area contributed by atoms with Crippen LogP contribution in [-0.4, -0.2) is 23.9 Å². The fourth-order valence-corrected chi connectivity index (χ4v) is 1.66. The van der Waals surface area contributed by atoms with Crippen LogP contribution in [0.25, 0.3) is 6.08 Å². The first-order valence-corrected chi connectivity index (χ1v) is 5.19. The van der Waals surface area contributed by atoms with E-state index in [0.29, 0.717) is 10.0 Å².